The molecule has 0 bridgehead atoms. The molecule has 0 saturated heterocycles. The van der Waals surface area contributed by atoms with Crippen molar-refractivity contribution >= 4 is 0 Å². The molecule has 0 unspecified atom stereocenters. The standard InChI is InChI=1S/C10H10F3N/c1-7-8(3-2-6-14-7)9(4-5-9)10(11,12)13/h2-3,6H,4-5H2,1H3. The molecule has 2 rings (SSSR count). The van der Waals surface area contributed by atoms with Crippen molar-refractivity contribution in [2.45, 2.75) is 31.4 Å². The van der Waals surface area contributed by atoms with E-state index in [-0.39, 0.29) is 12.8 Å². The monoisotopic (exact) mass is 201 g/mol. The number of nitrogens with zero attached hydrogens (tertiary/aromatic N) is 1. The fourth-order valence-electron chi connectivity index (χ4n) is 1.82. The fraction of sp³-hybridized carbons (Fsp3) is 0.500. The zero-order valence-corrected chi connectivity index (χ0v) is 7.73. The first-order valence-corrected chi connectivity index (χ1v) is 4.46. The summed E-state index contributed by atoms with van der Waals surface area (Å²) in [6.07, 6.45) is -2.22. The Morgan fingerprint density at radius 3 is 2.43 bits per heavy atom. The number of pyridine rings is 1. The number of alkyl halides is 3. The molecule has 0 spiro atoms. The smallest absolute Gasteiger partial charge is 0.261 e. The van der Waals surface area contributed by atoms with Crippen LogP contribution in [0.5, 0.6) is 0 Å². The van der Waals surface area contributed by atoms with Crippen LogP contribution in [0.4, 0.5) is 13.2 Å². The number of hydrogen-bond donors (Lipinski definition) is 0. The number of aryl methyl sites for hydroxylation is 1. The van der Waals surface area contributed by atoms with Crippen molar-refractivity contribution in [1.29, 1.82) is 0 Å². The van der Waals surface area contributed by atoms with E-state index in [1.54, 1.807) is 13.0 Å². The van der Waals surface area contributed by atoms with Gasteiger partial charge in [0, 0.05) is 11.9 Å². The second kappa shape index (κ2) is 2.72. The van der Waals surface area contributed by atoms with Crippen LogP contribution in [0, 0.1) is 6.92 Å². The van der Waals surface area contributed by atoms with Gasteiger partial charge >= 0.3 is 6.18 Å². The first-order chi connectivity index (χ1) is 6.47. The summed E-state index contributed by atoms with van der Waals surface area (Å²) in [6.45, 7) is 1.63. The van der Waals surface area contributed by atoms with E-state index in [1.807, 2.05) is 0 Å². The van der Waals surface area contributed by atoms with Gasteiger partial charge in [-0.3, -0.25) is 4.98 Å². The molecule has 1 heterocycles. The Labute approximate surface area is 80.0 Å². The van der Waals surface area contributed by atoms with Crippen molar-refractivity contribution < 1.29 is 13.2 Å². The van der Waals surface area contributed by atoms with Gasteiger partial charge in [-0.05, 0) is 31.4 Å². The average Bonchev–Trinajstić information content (AvgIpc) is 2.84. The summed E-state index contributed by atoms with van der Waals surface area (Å²) in [4.78, 5) is 3.90. The largest absolute Gasteiger partial charge is 0.398 e. The first-order valence-electron chi connectivity index (χ1n) is 4.46. The SMILES string of the molecule is Cc1ncccc1C1(C(F)(F)F)CC1. The Bertz CT molecular complexity index is 353. The van der Waals surface area contributed by atoms with E-state index in [4.69, 9.17) is 0 Å². The summed E-state index contributed by atoms with van der Waals surface area (Å²) in [5.74, 6) is 0. The van der Waals surface area contributed by atoms with Crippen molar-refractivity contribution in [3.63, 3.8) is 0 Å². The lowest BCUT2D eigenvalue weighted by Gasteiger charge is -2.20. The van der Waals surface area contributed by atoms with Gasteiger partial charge in [0.1, 0.15) is 0 Å². The molecule has 76 valence electrons. The van der Waals surface area contributed by atoms with Gasteiger partial charge in [0.15, 0.2) is 0 Å². The molecule has 14 heavy (non-hydrogen) atoms. The summed E-state index contributed by atoms with van der Waals surface area (Å²) in [6, 6.07) is 3.09. The Hall–Kier alpha value is -1.06. The van der Waals surface area contributed by atoms with Gasteiger partial charge in [0.25, 0.3) is 0 Å². The molecule has 0 radical (unpaired) electrons. The minimum absolute atomic E-state index is 0.197. The van der Waals surface area contributed by atoms with E-state index in [1.165, 1.54) is 12.3 Å². The normalized spacial score (nSPS) is 19.4. The Morgan fingerprint density at radius 2 is 2.00 bits per heavy atom. The van der Waals surface area contributed by atoms with Crippen LogP contribution in [-0.4, -0.2) is 11.2 Å². The first kappa shape index (κ1) is 9.49. The van der Waals surface area contributed by atoms with E-state index in [0.29, 0.717) is 11.3 Å². The maximum absolute atomic E-state index is 12.7. The minimum Gasteiger partial charge on any atom is -0.261 e. The second-order valence-electron chi connectivity index (χ2n) is 3.72. The lowest BCUT2D eigenvalue weighted by molar-refractivity contribution is -0.160. The van der Waals surface area contributed by atoms with E-state index >= 15 is 0 Å². The van der Waals surface area contributed by atoms with Crippen molar-refractivity contribution in [3.8, 4) is 0 Å². The molecule has 0 atom stereocenters. The fourth-order valence-corrected chi connectivity index (χ4v) is 1.82. The highest BCUT2D eigenvalue weighted by atomic mass is 19.4. The molecular formula is C10H10F3N. The van der Waals surface area contributed by atoms with Crippen LogP contribution in [0.2, 0.25) is 0 Å². The zero-order chi connectivity index (χ0) is 10.4. The molecule has 1 aromatic rings. The van der Waals surface area contributed by atoms with Gasteiger partial charge in [0.05, 0.1) is 5.41 Å². The molecule has 1 fully saturated rings. The van der Waals surface area contributed by atoms with E-state index in [9.17, 15) is 13.2 Å². The van der Waals surface area contributed by atoms with Gasteiger partial charge in [-0.25, -0.2) is 0 Å². The van der Waals surface area contributed by atoms with Gasteiger partial charge < -0.3 is 0 Å². The third kappa shape index (κ3) is 1.21. The number of aromatic nitrogens is 1. The summed E-state index contributed by atoms with van der Waals surface area (Å²) in [5, 5.41) is 0. The van der Waals surface area contributed by atoms with Crippen LogP contribution in [0.25, 0.3) is 0 Å². The van der Waals surface area contributed by atoms with Crippen LogP contribution in [0.15, 0.2) is 18.3 Å². The minimum atomic E-state index is -4.14. The molecule has 1 nitrogen and oxygen atoms in total. The van der Waals surface area contributed by atoms with Crippen LogP contribution >= 0.6 is 0 Å². The zero-order valence-electron chi connectivity index (χ0n) is 7.73. The quantitative estimate of drug-likeness (QED) is 0.680. The van der Waals surface area contributed by atoms with Crippen LogP contribution in [0.1, 0.15) is 24.1 Å². The number of hydrogen-bond acceptors (Lipinski definition) is 1. The molecule has 4 heteroatoms. The maximum Gasteiger partial charge on any atom is 0.398 e. The summed E-state index contributed by atoms with van der Waals surface area (Å²) >= 11 is 0. The van der Waals surface area contributed by atoms with Crippen molar-refractivity contribution in [2.75, 3.05) is 0 Å². The highest BCUT2D eigenvalue weighted by Gasteiger charge is 2.64. The Morgan fingerprint density at radius 1 is 1.36 bits per heavy atom. The molecule has 0 amide bonds. The molecule has 0 N–H and O–H groups in total. The predicted molar refractivity (Wildman–Crippen MR) is 45.9 cm³/mol. The second-order valence-corrected chi connectivity index (χ2v) is 3.72. The molecule has 1 aliphatic rings. The van der Waals surface area contributed by atoms with Crippen molar-refractivity contribution in [1.82, 2.24) is 4.98 Å². The lowest BCUT2D eigenvalue weighted by atomic mass is 9.94. The van der Waals surface area contributed by atoms with E-state index in [2.05, 4.69) is 4.98 Å². The van der Waals surface area contributed by atoms with E-state index < -0.39 is 11.6 Å². The maximum atomic E-state index is 12.7. The molecular weight excluding hydrogens is 191 g/mol. The average molecular weight is 201 g/mol. The highest BCUT2D eigenvalue weighted by Crippen LogP contribution is 2.59. The van der Waals surface area contributed by atoms with E-state index in [0.717, 1.165) is 0 Å². The third-order valence-electron chi connectivity index (χ3n) is 2.82. The molecule has 1 aromatic heterocycles. The van der Waals surface area contributed by atoms with Gasteiger partial charge in [0.2, 0.25) is 0 Å². The van der Waals surface area contributed by atoms with Crippen LogP contribution in [-0.2, 0) is 5.41 Å². The van der Waals surface area contributed by atoms with Gasteiger partial charge in [-0.15, -0.1) is 0 Å². The third-order valence-corrected chi connectivity index (χ3v) is 2.82. The van der Waals surface area contributed by atoms with Crippen LogP contribution < -0.4 is 0 Å². The predicted octanol–water partition coefficient (Wildman–Crippen LogP) is 2.98. The summed E-state index contributed by atoms with van der Waals surface area (Å²) < 4.78 is 38.2. The van der Waals surface area contributed by atoms with Gasteiger partial charge in [-0.2, -0.15) is 13.2 Å². The highest BCUT2D eigenvalue weighted by molar-refractivity contribution is 5.36. The number of halogens is 3. The molecule has 0 aliphatic heterocycles. The van der Waals surface area contributed by atoms with Crippen molar-refractivity contribution in [2.24, 2.45) is 0 Å². The molecule has 0 aromatic carbocycles. The summed E-state index contributed by atoms with van der Waals surface area (Å²) in [5.41, 5.74) is -0.763. The Kier molecular flexibility index (Phi) is 1.84. The summed E-state index contributed by atoms with van der Waals surface area (Å²) in [7, 11) is 0. The van der Waals surface area contributed by atoms with Crippen LogP contribution in [0.3, 0.4) is 0 Å². The lowest BCUT2D eigenvalue weighted by Crippen LogP contribution is -2.29. The number of rotatable bonds is 1. The van der Waals surface area contributed by atoms with Gasteiger partial charge in [-0.1, -0.05) is 6.07 Å². The topological polar surface area (TPSA) is 12.9 Å². The molecule has 1 saturated carbocycles. The van der Waals surface area contributed by atoms with Crippen molar-refractivity contribution in [3.05, 3.63) is 29.6 Å². The Balaban J connectivity index is 2.46. The molecule has 1 aliphatic carbocycles.